The molecule has 4 aromatic carbocycles. The largest absolute Gasteiger partial charge is 0.427 e. The lowest BCUT2D eigenvalue weighted by Gasteiger charge is -2.40. The number of hydrogen-bond donors (Lipinski definition) is 0. The van der Waals surface area contributed by atoms with Crippen molar-refractivity contribution in [2.24, 2.45) is 0 Å². The highest BCUT2D eigenvalue weighted by molar-refractivity contribution is 5.78. The molecule has 4 aromatic rings. The topological polar surface area (TPSA) is 158 Å². The van der Waals surface area contributed by atoms with Crippen molar-refractivity contribution in [1.29, 1.82) is 0 Å². The molecule has 0 saturated carbocycles. The monoisotopic (exact) mass is 706 g/mol. The maximum absolute atomic E-state index is 12.6. The van der Waals surface area contributed by atoms with E-state index in [1.165, 1.54) is 53.7 Å². The van der Waals surface area contributed by atoms with Gasteiger partial charge in [0.1, 0.15) is 34.5 Å². The average Bonchev–Trinajstić information content (AvgIpc) is 3.30. The van der Waals surface area contributed by atoms with Crippen LogP contribution in [0.15, 0.2) is 72.8 Å². The van der Waals surface area contributed by atoms with Crippen molar-refractivity contribution in [2.45, 2.75) is 65.2 Å². The van der Waals surface area contributed by atoms with Crippen LogP contribution >= 0.6 is 0 Å². The fraction of sp³-hybridized carbons (Fsp3) is 0.250. The van der Waals surface area contributed by atoms with Crippen LogP contribution in [0.5, 0.6) is 34.5 Å². The summed E-state index contributed by atoms with van der Waals surface area (Å²) in [6, 6.07) is 20.3. The second-order valence-electron chi connectivity index (χ2n) is 12.6. The molecule has 0 N–H and O–H groups in total. The van der Waals surface area contributed by atoms with E-state index in [0.29, 0.717) is 33.8 Å². The number of esters is 6. The number of hydrogen-bond acceptors (Lipinski definition) is 12. The summed E-state index contributed by atoms with van der Waals surface area (Å²) in [5.41, 5.74) is 4.05. The maximum atomic E-state index is 12.6. The maximum Gasteiger partial charge on any atom is 0.308 e. The van der Waals surface area contributed by atoms with E-state index < -0.39 is 59.5 Å². The van der Waals surface area contributed by atoms with Gasteiger partial charge in [0.25, 0.3) is 0 Å². The lowest BCUT2D eigenvalue weighted by atomic mass is 9.63. The van der Waals surface area contributed by atoms with Crippen molar-refractivity contribution in [3.63, 3.8) is 0 Å². The van der Waals surface area contributed by atoms with Gasteiger partial charge in [-0.1, -0.05) is 24.3 Å². The molecule has 52 heavy (non-hydrogen) atoms. The van der Waals surface area contributed by atoms with E-state index >= 15 is 0 Å². The zero-order valence-electron chi connectivity index (χ0n) is 29.1. The summed E-state index contributed by atoms with van der Waals surface area (Å²) in [6.45, 7) is 7.64. The van der Waals surface area contributed by atoms with Gasteiger partial charge in [-0.3, -0.25) is 28.8 Å². The number of ether oxygens (including phenoxy) is 6. The zero-order chi connectivity index (χ0) is 37.4. The van der Waals surface area contributed by atoms with Gasteiger partial charge >= 0.3 is 35.8 Å². The van der Waals surface area contributed by atoms with Gasteiger partial charge in [-0.05, 0) is 58.7 Å². The first-order valence-corrected chi connectivity index (χ1v) is 16.4. The van der Waals surface area contributed by atoms with E-state index in [0.717, 1.165) is 11.1 Å². The minimum Gasteiger partial charge on any atom is -0.427 e. The zero-order valence-corrected chi connectivity index (χ0v) is 29.1. The number of rotatable bonds is 8. The molecule has 0 fully saturated rings. The molecule has 0 amide bonds. The Morgan fingerprint density at radius 3 is 1.17 bits per heavy atom. The molecule has 0 radical (unpaired) electrons. The molecule has 12 heteroatoms. The molecule has 0 heterocycles. The van der Waals surface area contributed by atoms with E-state index in [9.17, 15) is 28.8 Å². The van der Waals surface area contributed by atoms with Crippen LogP contribution in [-0.4, -0.2) is 35.8 Å². The Labute approximate surface area is 298 Å². The van der Waals surface area contributed by atoms with E-state index in [1.54, 1.807) is 48.5 Å². The minimum atomic E-state index is -0.614. The van der Waals surface area contributed by atoms with E-state index in [-0.39, 0.29) is 23.0 Å². The molecule has 2 aliphatic carbocycles. The van der Waals surface area contributed by atoms with Crippen LogP contribution in [0.3, 0.4) is 0 Å². The summed E-state index contributed by atoms with van der Waals surface area (Å²) >= 11 is 0. The number of benzene rings is 4. The summed E-state index contributed by atoms with van der Waals surface area (Å²) in [6.07, 6.45) is 0. The van der Waals surface area contributed by atoms with Crippen molar-refractivity contribution in [3.05, 3.63) is 106 Å². The van der Waals surface area contributed by atoms with E-state index in [2.05, 4.69) is 0 Å². The predicted octanol–water partition coefficient (Wildman–Crippen LogP) is 6.40. The van der Waals surface area contributed by atoms with E-state index in [4.69, 9.17) is 28.4 Å². The third-order valence-corrected chi connectivity index (χ3v) is 8.77. The highest BCUT2D eigenvalue weighted by atomic mass is 16.6. The van der Waals surface area contributed by atoms with Gasteiger partial charge in [0.15, 0.2) is 0 Å². The van der Waals surface area contributed by atoms with Gasteiger partial charge in [-0.15, -0.1) is 0 Å². The van der Waals surface area contributed by atoms with Gasteiger partial charge in [-0.25, -0.2) is 0 Å². The van der Waals surface area contributed by atoms with Gasteiger partial charge in [0.05, 0.1) is 0 Å². The lowest BCUT2D eigenvalue weighted by Crippen LogP contribution is -2.27. The van der Waals surface area contributed by atoms with Gasteiger partial charge < -0.3 is 28.4 Å². The first-order valence-electron chi connectivity index (χ1n) is 16.4. The highest BCUT2D eigenvalue weighted by Crippen LogP contribution is 2.69. The summed E-state index contributed by atoms with van der Waals surface area (Å²) in [5.74, 6) is -4.30. The molecular weight excluding hydrogens is 672 g/mol. The summed E-state index contributed by atoms with van der Waals surface area (Å²) in [5, 5.41) is 0. The van der Waals surface area contributed by atoms with Crippen molar-refractivity contribution in [3.8, 4) is 34.5 Å². The Hall–Kier alpha value is -6.30. The van der Waals surface area contributed by atoms with Crippen LogP contribution in [0.4, 0.5) is 0 Å². The van der Waals surface area contributed by atoms with Crippen molar-refractivity contribution < 1.29 is 57.2 Å². The van der Waals surface area contributed by atoms with Crippen LogP contribution in [-0.2, 0) is 28.8 Å². The van der Waals surface area contributed by atoms with Crippen molar-refractivity contribution in [1.82, 2.24) is 0 Å². The molecule has 0 aromatic heterocycles. The quantitative estimate of drug-likeness (QED) is 0.147. The Morgan fingerprint density at radius 2 is 0.750 bits per heavy atom. The summed E-state index contributed by atoms with van der Waals surface area (Å²) in [4.78, 5) is 73.2. The smallest absolute Gasteiger partial charge is 0.308 e. The Kier molecular flexibility index (Phi) is 9.66. The third kappa shape index (κ3) is 7.13. The highest BCUT2D eigenvalue weighted by Gasteiger charge is 2.54. The van der Waals surface area contributed by atoms with E-state index in [1.807, 2.05) is 12.1 Å². The molecule has 12 nitrogen and oxygen atoms in total. The molecular formula is C40H34O12. The molecule has 266 valence electrons. The lowest BCUT2D eigenvalue weighted by molar-refractivity contribution is -0.133. The van der Waals surface area contributed by atoms with Crippen LogP contribution in [0, 0.1) is 0 Å². The minimum absolute atomic E-state index is 0.118. The van der Waals surface area contributed by atoms with Gasteiger partial charge in [0.2, 0.25) is 0 Å². The molecule has 2 aliphatic rings. The first-order chi connectivity index (χ1) is 24.7. The van der Waals surface area contributed by atoms with Gasteiger partial charge in [0, 0.05) is 88.5 Å². The average molecular weight is 707 g/mol. The normalized spacial score (nSPS) is 17.9. The standard InChI is InChI=1S/C40H34O12/c1-19(41)47-27-11-7-25(8-12-27)35-37-31(15-29(49-21(3)43)17-33(37)51-23(5)45)40-36(26-9-13-28(14-10-26)48-20(2)42)39(35)32-16-30(50-22(4)44)18-34(38(32)40)52-24(6)46/h7-18,35-36,39-40H,1-6H3/t35-,36-,39?,40+/m1/s1. The molecule has 6 rings (SSSR count). The number of fused-ring (bicyclic) bond motifs is 7. The third-order valence-electron chi connectivity index (χ3n) is 8.77. The fourth-order valence-electron chi connectivity index (χ4n) is 7.47. The summed E-state index contributed by atoms with van der Waals surface area (Å²) in [7, 11) is 0. The SMILES string of the molecule is CC(=O)Oc1ccc([C@@H]2c3c(OC(C)=O)cc(OC(C)=O)cc3[C@@H]3c4c(OC(C)=O)cc(OC(C)=O)cc4C2[C@H]3c2ccc(OC(C)=O)cc2)cc1. The second-order valence-corrected chi connectivity index (χ2v) is 12.6. The predicted molar refractivity (Wildman–Crippen MR) is 183 cm³/mol. The number of carbonyl (C=O) groups excluding carboxylic acids is 6. The van der Waals surface area contributed by atoms with Gasteiger partial charge in [-0.2, -0.15) is 0 Å². The molecule has 4 atom stereocenters. The van der Waals surface area contributed by atoms with Crippen LogP contribution in [0.2, 0.25) is 0 Å². The second kappa shape index (κ2) is 14.1. The van der Waals surface area contributed by atoms with Crippen LogP contribution < -0.4 is 28.4 Å². The molecule has 2 bridgehead atoms. The summed E-state index contributed by atoms with van der Waals surface area (Å²) < 4.78 is 33.4. The van der Waals surface area contributed by atoms with Crippen molar-refractivity contribution >= 4 is 35.8 Å². The molecule has 1 unspecified atom stereocenters. The first kappa shape index (κ1) is 35.5. The Bertz CT molecular complexity index is 2130. The van der Waals surface area contributed by atoms with Crippen LogP contribution in [0.25, 0.3) is 0 Å². The molecule has 0 saturated heterocycles. The van der Waals surface area contributed by atoms with Crippen LogP contribution in [0.1, 0.15) is 98.6 Å². The molecule has 0 aliphatic heterocycles. The Balaban J connectivity index is 1.72. The van der Waals surface area contributed by atoms with Crippen molar-refractivity contribution in [2.75, 3.05) is 0 Å². The fourth-order valence-corrected chi connectivity index (χ4v) is 7.47. The Morgan fingerprint density at radius 1 is 0.385 bits per heavy atom. The number of carbonyl (C=O) groups is 6. The molecule has 0 spiro atoms.